The average molecular weight is 409 g/mol. The number of imidazole rings is 2. The number of alkyl halides is 3. The summed E-state index contributed by atoms with van der Waals surface area (Å²) >= 11 is -1.57. The Morgan fingerprint density at radius 1 is 1.18 bits per heavy atom. The van der Waals surface area contributed by atoms with Gasteiger partial charge in [-0.1, -0.05) is 0 Å². The first-order chi connectivity index (χ1) is 13.3. The summed E-state index contributed by atoms with van der Waals surface area (Å²) in [5.41, 5.74) is 3.67. The van der Waals surface area contributed by atoms with E-state index in [1.807, 2.05) is 0 Å². The van der Waals surface area contributed by atoms with Crippen LogP contribution in [-0.4, -0.2) is 42.3 Å². The van der Waals surface area contributed by atoms with E-state index in [2.05, 4.69) is 24.9 Å². The van der Waals surface area contributed by atoms with Gasteiger partial charge in [-0.2, -0.15) is 18.2 Å². The third kappa shape index (κ3) is 3.76. The van der Waals surface area contributed by atoms with E-state index < -0.39 is 24.0 Å². The van der Waals surface area contributed by atoms with Crippen molar-refractivity contribution in [2.75, 3.05) is 6.61 Å². The minimum absolute atomic E-state index is 0.00894. The summed E-state index contributed by atoms with van der Waals surface area (Å²) in [5, 5.41) is 0.255. The first-order valence-corrected chi connectivity index (χ1v) is 9.47. The molecule has 1 unspecified atom stereocenters. The normalized spacial score (nSPS) is 13.3. The zero-order chi connectivity index (χ0) is 19.9. The fourth-order valence-electron chi connectivity index (χ4n) is 2.74. The number of nitrogens with one attached hydrogen (secondary N) is 2. The van der Waals surface area contributed by atoms with Crippen LogP contribution in [0.4, 0.5) is 13.2 Å². The van der Waals surface area contributed by atoms with E-state index in [-0.39, 0.29) is 16.7 Å². The van der Waals surface area contributed by atoms with E-state index in [0.717, 1.165) is 11.0 Å². The summed E-state index contributed by atoms with van der Waals surface area (Å²) in [6.07, 6.45) is -1.53. The first-order valence-electron chi connectivity index (χ1n) is 8.15. The number of pyridine rings is 1. The molecule has 0 aliphatic heterocycles. The van der Waals surface area contributed by atoms with Crippen molar-refractivity contribution in [2.45, 2.75) is 24.0 Å². The van der Waals surface area contributed by atoms with Crippen LogP contribution in [0.3, 0.4) is 0 Å². The lowest BCUT2D eigenvalue weighted by Gasteiger charge is -2.14. The van der Waals surface area contributed by atoms with Crippen molar-refractivity contribution in [1.29, 1.82) is 0 Å². The molecule has 28 heavy (non-hydrogen) atoms. The molecule has 3 aromatic heterocycles. The summed E-state index contributed by atoms with van der Waals surface area (Å²) in [6, 6.07) is 4.94. The number of benzene rings is 1. The van der Waals surface area contributed by atoms with E-state index in [1.165, 1.54) is 12.3 Å². The van der Waals surface area contributed by atoms with Gasteiger partial charge in [-0.15, -0.1) is 0 Å². The molecule has 0 saturated heterocycles. The monoisotopic (exact) mass is 409 g/mol. The van der Waals surface area contributed by atoms with Crippen LogP contribution in [-0.2, 0) is 16.9 Å². The largest absolute Gasteiger partial charge is 0.609 e. The van der Waals surface area contributed by atoms with Crippen molar-refractivity contribution >= 4 is 33.2 Å². The van der Waals surface area contributed by atoms with Crippen molar-refractivity contribution < 1.29 is 22.5 Å². The van der Waals surface area contributed by atoms with Gasteiger partial charge in [0.15, 0.2) is 12.4 Å². The molecule has 0 amide bonds. The molecule has 4 aromatic rings. The first kappa shape index (κ1) is 18.6. The van der Waals surface area contributed by atoms with E-state index >= 15 is 0 Å². The van der Waals surface area contributed by atoms with Crippen LogP contribution in [0.15, 0.2) is 35.9 Å². The van der Waals surface area contributed by atoms with Crippen LogP contribution < -0.4 is 4.74 Å². The summed E-state index contributed by atoms with van der Waals surface area (Å²) in [4.78, 5) is 18.6. The lowest BCUT2D eigenvalue weighted by molar-refractivity contribution is -0.153. The molecule has 1 atom stereocenters. The lowest BCUT2D eigenvalue weighted by atomic mass is 10.2. The molecule has 146 valence electrons. The van der Waals surface area contributed by atoms with Gasteiger partial charge in [0.25, 0.3) is 0 Å². The third-order valence-electron chi connectivity index (χ3n) is 4.13. The van der Waals surface area contributed by atoms with Gasteiger partial charge in [-0.05, 0) is 25.1 Å². The van der Waals surface area contributed by atoms with Gasteiger partial charge in [-0.25, -0.2) is 4.98 Å². The van der Waals surface area contributed by atoms with Crippen LogP contribution in [0.2, 0.25) is 0 Å². The molecule has 7 nitrogen and oxygen atoms in total. The Kier molecular flexibility index (Phi) is 4.63. The maximum Gasteiger partial charge on any atom is 0.422 e. The van der Waals surface area contributed by atoms with Crippen LogP contribution >= 0.6 is 0 Å². The SMILES string of the molecule is Cc1c(OCC(F)(F)F)ccnc1C[S+]([O-])c1nc2cc3[nH]cnc3cc2[nH]1. The predicted molar refractivity (Wildman–Crippen MR) is 96.4 cm³/mol. The highest BCUT2D eigenvalue weighted by Gasteiger charge is 2.29. The standard InChI is InChI=1S/C17H14F3N5O2S/c1-9-14(21-3-2-15(9)27-7-17(18,19)20)6-28(26)16-24-12-4-10-11(23-8-22-10)5-13(12)25-16/h2-5,8H,6-7H2,1H3,(H,22,23)(H,24,25). The molecule has 0 saturated carbocycles. The Labute approximate surface area is 159 Å². The Bertz CT molecular complexity index is 1090. The summed E-state index contributed by atoms with van der Waals surface area (Å²) < 4.78 is 54.7. The Morgan fingerprint density at radius 2 is 1.96 bits per heavy atom. The molecule has 0 radical (unpaired) electrons. The van der Waals surface area contributed by atoms with E-state index in [0.29, 0.717) is 22.3 Å². The zero-order valence-electron chi connectivity index (χ0n) is 14.5. The minimum atomic E-state index is -4.44. The highest BCUT2D eigenvalue weighted by atomic mass is 32.2. The number of halogens is 3. The fourth-order valence-corrected chi connectivity index (χ4v) is 3.84. The van der Waals surface area contributed by atoms with E-state index in [9.17, 15) is 17.7 Å². The van der Waals surface area contributed by atoms with Gasteiger partial charge < -0.3 is 14.3 Å². The molecule has 2 N–H and O–H groups in total. The Hall–Kier alpha value is -2.79. The highest BCUT2D eigenvalue weighted by Crippen LogP contribution is 2.26. The Balaban J connectivity index is 1.56. The molecule has 0 aliphatic rings. The second-order valence-electron chi connectivity index (χ2n) is 6.11. The molecule has 3 heterocycles. The molecule has 11 heteroatoms. The molecule has 0 aliphatic carbocycles. The molecule has 0 spiro atoms. The zero-order valence-corrected chi connectivity index (χ0v) is 15.3. The van der Waals surface area contributed by atoms with Crippen molar-refractivity contribution in [3.63, 3.8) is 0 Å². The molecule has 0 fully saturated rings. The highest BCUT2D eigenvalue weighted by molar-refractivity contribution is 7.90. The van der Waals surface area contributed by atoms with Gasteiger partial charge in [0.2, 0.25) is 0 Å². The van der Waals surface area contributed by atoms with Crippen LogP contribution in [0.5, 0.6) is 5.75 Å². The smallest absolute Gasteiger partial charge is 0.422 e. The minimum Gasteiger partial charge on any atom is -0.609 e. The summed E-state index contributed by atoms with van der Waals surface area (Å²) in [7, 11) is 0. The van der Waals surface area contributed by atoms with Gasteiger partial charge in [0.05, 0.1) is 34.1 Å². The molecule has 0 bridgehead atoms. The molecular weight excluding hydrogens is 395 g/mol. The number of hydrogen-bond acceptors (Lipinski definition) is 5. The number of hydrogen-bond donors (Lipinski definition) is 2. The quantitative estimate of drug-likeness (QED) is 0.492. The van der Waals surface area contributed by atoms with Crippen molar-refractivity contribution in [2.24, 2.45) is 0 Å². The van der Waals surface area contributed by atoms with Gasteiger partial charge in [-0.3, -0.25) is 9.97 Å². The number of aromatic nitrogens is 5. The molecule has 1 aromatic carbocycles. The maximum atomic E-state index is 12.7. The number of aromatic amines is 2. The predicted octanol–water partition coefficient (Wildman–Crippen LogP) is 3.39. The van der Waals surface area contributed by atoms with Gasteiger partial charge in [0.1, 0.15) is 5.75 Å². The average Bonchev–Trinajstić information content (AvgIpc) is 3.25. The van der Waals surface area contributed by atoms with E-state index in [1.54, 1.807) is 25.4 Å². The van der Waals surface area contributed by atoms with Crippen molar-refractivity contribution in [1.82, 2.24) is 24.9 Å². The second-order valence-corrected chi connectivity index (χ2v) is 7.47. The fraction of sp³-hybridized carbons (Fsp3) is 0.235. The van der Waals surface area contributed by atoms with Gasteiger partial charge >= 0.3 is 11.3 Å². The topological polar surface area (TPSA) is 103 Å². The second kappa shape index (κ2) is 6.99. The summed E-state index contributed by atoms with van der Waals surface area (Å²) in [5.74, 6) is 0.0506. The number of H-pyrrole nitrogens is 2. The molecule has 4 rings (SSSR count). The van der Waals surface area contributed by atoms with Crippen LogP contribution in [0, 0.1) is 6.92 Å². The number of ether oxygens (including phenoxy) is 1. The van der Waals surface area contributed by atoms with E-state index in [4.69, 9.17) is 4.74 Å². The van der Waals surface area contributed by atoms with Crippen LogP contribution in [0.25, 0.3) is 22.1 Å². The van der Waals surface area contributed by atoms with Crippen molar-refractivity contribution in [3.05, 3.63) is 42.0 Å². The number of nitrogens with zero attached hydrogens (tertiary/aromatic N) is 3. The maximum absolute atomic E-state index is 12.7. The number of rotatable bonds is 5. The lowest BCUT2D eigenvalue weighted by Crippen LogP contribution is -2.20. The van der Waals surface area contributed by atoms with Crippen molar-refractivity contribution in [3.8, 4) is 5.75 Å². The van der Waals surface area contributed by atoms with Crippen LogP contribution in [0.1, 0.15) is 11.3 Å². The Morgan fingerprint density at radius 3 is 2.75 bits per heavy atom. The third-order valence-corrected chi connectivity index (χ3v) is 5.30. The summed E-state index contributed by atoms with van der Waals surface area (Å²) in [6.45, 7) is 0.184. The number of fused-ring (bicyclic) bond motifs is 2. The molecular formula is C17H14F3N5O2S. The van der Waals surface area contributed by atoms with Gasteiger partial charge in [0, 0.05) is 22.9 Å².